The molecule has 4 amide bonds. The van der Waals surface area contributed by atoms with Crippen LogP contribution in [0.25, 0.3) is 0 Å². The summed E-state index contributed by atoms with van der Waals surface area (Å²) in [5.41, 5.74) is 0.468. The first-order valence-corrected chi connectivity index (χ1v) is 12.3. The Morgan fingerprint density at radius 1 is 1.18 bits per heavy atom. The Hall–Kier alpha value is -3.81. The van der Waals surface area contributed by atoms with Crippen LogP contribution in [0, 0.1) is 11.3 Å². The van der Waals surface area contributed by atoms with Gasteiger partial charge in [0.05, 0.1) is 28.3 Å². The zero-order valence-corrected chi connectivity index (χ0v) is 19.7. The largest absolute Gasteiger partial charge is 0.325 e. The van der Waals surface area contributed by atoms with E-state index < -0.39 is 29.9 Å². The molecule has 2 aliphatic rings. The third-order valence-corrected chi connectivity index (χ3v) is 7.90. The first kappa shape index (κ1) is 22.0. The molecule has 34 heavy (non-hydrogen) atoms. The topological polar surface area (TPSA) is 106 Å². The number of nitriles is 1. The number of carbonyl (C=O) groups is 3. The van der Waals surface area contributed by atoms with E-state index in [1.807, 2.05) is 41.1 Å². The molecule has 8 nitrogen and oxygen atoms in total. The lowest BCUT2D eigenvalue weighted by Gasteiger charge is -2.24. The maximum atomic E-state index is 13.4. The Morgan fingerprint density at radius 3 is 2.56 bits per heavy atom. The van der Waals surface area contributed by atoms with Crippen LogP contribution in [0.4, 0.5) is 4.79 Å². The van der Waals surface area contributed by atoms with Gasteiger partial charge in [-0.05, 0) is 47.5 Å². The average molecular weight is 490 g/mol. The summed E-state index contributed by atoms with van der Waals surface area (Å²) in [5.74, 6) is -0.956. The average Bonchev–Trinajstić information content (AvgIpc) is 3.64. The molecule has 4 heterocycles. The van der Waals surface area contributed by atoms with Gasteiger partial charge < -0.3 is 5.32 Å². The zero-order valence-electron chi connectivity index (χ0n) is 18.1. The normalized spacial score (nSPS) is 22.0. The molecule has 0 radical (unpaired) electrons. The molecule has 1 saturated heterocycles. The second-order valence-electron chi connectivity index (χ2n) is 8.13. The van der Waals surface area contributed by atoms with Crippen LogP contribution < -0.4 is 5.32 Å². The van der Waals surface area contributed by atoms with Crippen molar-refractivity contribution in [2.24, 2.45) is 5.10 Å². The van der Waals surface area contributed by atoms with E-state index >= 15 is 0 Å². The lowest BCUT2D eigenvalue weighted by molar-refractivity contribution is -0.139. The molecule has 0 spiro atoms. The van der Waals surface area contributed by atoms with Crippen LogP contribution in [0.5, 0.6) is 0 Å². The van der Waals surface area contributed by atoms with Gasteiger partial charge in [-0.1, -0.05) is 24.3 Å². The number of rotatable bonds is 5. The Kier molecular flexibility index (Phi) is 5.51. The highest BCUT2D eigenvalue weighted by Crippen LogP contribution is 2.36. The SMILES string of the molecule is CC1(c2ccc(C#N)cc2)NC(=O)N(CC(=O)N2N=C(c3cccs3)CC2c2cccs2)C1=O. The number of thiophene rings is 2. The Balaban J connectivity index is 1.39. The summed E-state index contributed by atoms with van der Waals surface area (Å²) >= 11 is 3.09. The predicted octanol–water partition coefficient (Wildman–Crippen LogP) is 3.83. The fourth-order valence-electron chi connectivity index (χ4n) is 4.16. The highest BCUT2D eigenvalue weighted by Gasteiger charge is 2.50. The number of urea groups is 1. The molecular formula is C24H19N5O3S2. The summed E-state index contributed by atoms with van der Waals surface area (Å²) in [6.45, 7) is 1.18. The van der Waals surface area contributed by atoms with Gasteiger partial charge in [0.1, 0.15) is 12.1 Å². The van der Waals surface area contributed by atoms with E-state index in [0.29, 0.717) is 17.5 Å². The number of hydrazone groups is 1. The van der Waals surface area contributed by atoms with Crippen molar-refractivity contribution in [3.8, 4) is 6.07 Å². The Morgan fingerprint density at radius 2 is 1.91 bits per heavy atom. The monoisotopic (exact) mass is 489 g/mol. The number of amides is 4. The number of nitrogens with zero attached hydrogens (tertiary/aromatic N) is 4. The van der Waals surface area contributed by atoms with Crippen LogP contribution in [0.1, 0.15) is 40.3 Å². The number of carbonyl (C=O) groups excluding carboxylic acids is 3. The molecule has 2 unspecified atom stereocenters. The van der Waals surface area contributed by atoms with Gasteiger partial charge in [0.2, 0.25) is 0 Å². The minimum Gasteiger partial charge on any atom is -0.319 e. The van der Waals surface area contributed by atoms with Crippen molar-refractivity contribution in [1.29, 1.82) is 5.26 Å². The smallest absolute Gasteiger partial charge is 0.319 e. The van der Waals surface area contributed by atoms with Gasteiger partial charge in [0, 0.05) is 11.3 Å². The molecule has 0 aliphatic carbocycles. The first-order chi connectivity index (χ1) is 16.4. The van der Waals surface area contributed by atoms with E-state index in [4.69, 9.17) is 5.26 Å². The highest BCUT2D eigenvalue weighted by atomic mass is 32.1. The van der Waals surface area contributed by atoms with E-state index in [-0.39, 0.29) is 6.04 Å². The van der Waals surface area contributed by atoms with Crippen molar-refractivity contribution in [2.75, 3.05) is 6.54 Å². The molecular weight excluding hydrogens is 470 g/mol. The van der Waals surface area contributed by atoms with Crippen LogP contribution in [-0.4, -0.2) is 40.0 Å². The Labute approximate surface area is 203 Å². The summed E-state index contributed by atoms with van der Waals surface area (Å²) in [4.78, 5) is 42.3. The number of benzene rings is 1. The number of hydrogen-bond acceptors (Lipinski definition) is 7. The summed E-state index contributed by atoms with van der Waals surface area (Å²) in [7, 11) is 0. The molecule has 0 saturated carbocycles. The summed E-state index contributed by atoms with van der Waals surface area (Å²) in [6.07, 6.45) is 0.565. The third kappa shape index (κ3) is 3.69. The fraction of sp³-hybridized carbons (Fsp3) is 0.208. The van der Waals surface area contributed by atoms with Gasteiger partial charge in [-0.15, -0.1) is 22.7 Å². The Bertz CT molecular complexity index is 1330. The zero-order chi connectivity index (χ0) is 23.9. The van der Waals surface area contributed by atoms with E-state index in [1.54, 1.807) is 42.5 Å². The molecule has 5 rings (SSSR count). The van der Waals surface area contributed by atoms with Crippen LogP contribution in [0.3, 0.4) is 0 Å². The molecule has 1 fully saturated rings. The van der Waals surface area contributed by atoms with E-state index in [2.05, 4.69) is 10.4 Å². The van der Waals surface area contributed by atoms with Crippen LogP contribution in [0.2, 0.25) is 0 Å². The van der Waals surface area contributed by atoms with Crippen molar-refractivity contribution in [1.82, 2.24) is 15.2 Å². The maximum absolute atomic E-state index is 13.4. The molecule has 0 bridgehead atoms. The maximum Gasteiger partial charge on any atom is 0.325 e. The van der Waals surface area contributed by atoms with Gasteiger partial charge in [-0.3, -0.25) is 14.5 Å². The molecule has 2 atom stereocenters. The van der Waals surface area contributed by atoms with Gasteiger partial charge in [-0.2, -0.15) is 10.4 Å². The van der Waals surface area contributed by atoms with E-state index in [9.17, 15) is 14.4 Å². The van der Waals surface area contributed by atoms with Gasteiger partial charge in [0.25, 0.3) is 11.8 Å². The minimum atomic E-state index is -1.32. The highest BCUT2D eigenvalue weighted by molar-refractivity contribution is 7.12. The lowest BCUT2D eigenvalue weighted by atomic mass is 9.91. The van der Waals surface area contributed by atoms with Crippen molar-refractivity contribution < 1.29 is 14.4 Å². The van der Waals surface area contributed by atoms with Gasteiger partial charge in [-0.25, -0.2) is 9.80 Å². The molecule has 1 N–H and O–H groups in total. The minimum absolute atomic E-state index is 0.282. The van der Waals surface area contributed by atoms with E-state index in [1.165, 1.54) is 16.3 Å². The number of hydrogen-bond donors (Lipinski definition) is 1. The second-order valence-corrected chi connectivity index (χ2v) is 10.1. The standard InChI is InChI=1S/C24H19N5O3S2/c1-24(16-8-6-15(13-25)7-9-16)22(31)28(23(32)26-24)14-21(30)29-18(20-5-3-11-34-20)12-17(27-29)19-4-2-10-33-19/h2-11,18H,12,14H2,1H3,(H,26,32). The number of imide groups is 1. The van der Waals surface area contributed by atoms with Gasteiger partial charge in [0.15, 0.2) is 0 Å². The molecule has 10 heteroatoms. The lowest BCUT2D eigenvalue weighted by Crippen LogP contribution is -2.43. The van der Waals surface area contributed by atoms with Crippen molar-refractivity contribution in [2.45, 2.75) is 24.9 Å². The van der Waals surface area contributed by atoms with Crippen LogP contribution in [-0.2, 0) is 15.1 Å². The third-order valence-electron chi connectivity index (χ3n) is 6.00. The molecule has 3 aromatic rings. The van der Waals surface area contributed by atoms with Crippen molar-refractivity contribution >= 4 is 46.2 Å². The van der Waals surface area contributed by atoms with Crippen molar-refractivity contribution in [3.05, 3.63) is 80.2 Å². The molecule has 1 aromatic carbocycles. The first-order valence-electron chi connectivity index (χ1n) is 10.5. The predicted molar refractivity (Wildman–Crippen MR) is 128 cm³/mol. The van der Waals surface area contributed by atoms with E-state index in [0.717, 1.165) is 20.4 Å². The molecule has 170 valence electrons. The second kappa shape index (κ2) is 8.52. The van der Waals surface area contributed by atoms with Crippen LogP contribution in [0.15, 0.2) is 64.4 Å². The molecule has 2 aromatic heterocycles. The van der Waals surface area contributed by atoms with Crippen LogP contribution >= 0.6 is 22.7 Å². The summed E-state index contributed by atoms with van der Waals surface area (Å²) in [5, 5.41) is 21.6. The molecule has 2 aliphatic heterocycles. The number of nitrogens with one attached hydrogen (secondary N) is 1. The summed E-state index contributed by atoms with van der Waals surface area (Å²) in [6, 6.07) is 15.3. The van der Waals surface area contributed by atoms with Crippen molar-refractivity contribution in [3.63, 3.8) is 0 Å². The van der Waals surface area contributed by atoms with Gasteiger partial charge >= 0.3 is 6.03 Å². The quantitative estimate of drug-likeness (QED) is 0.550. The fourth-order valence-corrected chi connectivity index (χ4v) is 5.69. The summed E-state index contributed by atoms with van der Waals surface area (Å²) < 4.78 is 0.